The average molecular weight is 192 g/mol. The maximum atomic E-state index is 10.5. The summed E-state index contributed by atoms with van der Waals surface area (Å²) in [6.45, 7) is 0. The first-order valence-electron chi connectivity index (χ1n) is 4.31. The number of fused-ring (bicyclic) bond motifs is 1. The lowest BCUT2D eigenvalue weighted by Crippen LogP contribution is -1.92. The molecule has 66 valence electrons. The number of aromatic nitrogens is 2. The number of aldehydes is 1. The highest BCUT2D eigenvalue weighted by Gasteiger charge is 2.24. The molecular weight excluding hydrogens is 184 g/mol. The molecule has 0 bridgehead atoms. The predicted octanol–water partition coefficient (Wildman–Crippen LogP) is 2.25. The van der Waals surface area contributed by atoms with Crippen LogP contribution in [0.2, 0.25) is 0 Å². The van der Waals surface area contributed by atoms with Crippen LogP contribution in [0.15, 0.2) is 12.3 Å². The Morgan fingerprint density at radius 2 is 2.46 bits per heavy atom. The summed E-state index contributed by atoms with van der Waals surface area (Å²) >= 11 is 1.51. The number of thiophene rings is 1. The van der Waals surface area contributed by atoms with Gasteiger partial charge in [-0.15, -0.1) is 11.3 Å². The first-order chi connectivity index (χ1) is 6.36. The van der Waals surface area contributed by atoms with Crippen LogP contribution in [0.3, 0.4) is 0 Å². The van der Waals surface area contributed by atoms with E-state index in [0.29, 0.717) is 6.04 Å². The summed E-state index contributed by atoms with van der Waals surface area (Å²) in [6.07, 6.45) is 5.42. The van der Waals surface area contributed by atoms with Crippen LogP contribution in [-0.4, -0.2) is 16.1 Å². The van der Waals surface area contributed by atoms with E-state index < -0.39 is 0 Å². The van der Waals surface area contributed by atoms with Gasteiger partial charge in [0.05, 0.1) is 15.6 Å². The lowest BCUT2D eigenvalue weighted by Gasteiger charge is -1.92. The van der Waals surface area contributed by atoms with Crippen molar-refractivity contribution < 1.29 is 4.79 Å². The molecule has 0 saturated heterocycles. The van der Waals surface area contributed by atoms with Crippen LogP contribution < -0.4 is 0 Å². The monoisotopic (exact) mass is 192 g/mol. The van der Waals surface area contributed by atoms with E-state index in [2.05, 4.69) is 5.10 Å². The van der Waals surface area contributed by atoms with Gasteiger partial charge in [-0.25, -0.2) is 0 Å². The highest BCUT2D eigenvalue weighted by molar-refractivity contribution is 7.20. The van der Waals surface area contributed by atoms with Gasteiger partial charge in [0.25, 0.3) is 0 Å². The molecule has 2 heterocycles. The van der Waals surface area contributed by atoms with Gasteiger partial charge in [0.1, 0.15) is 5.52 Å². The summed E-state index contributed by atoms with van der Waals surface area (Å²) in [5, 5.41) is 4.41. The van der Waals surface area contributed by atoms with E-state index in [1.807, 2.05) is 16.9 Å². The first-order valence-corrected chi connectivity index (χ1v) is 5.12. The predicted molar refractivity (Wildman–Crippen MR) is 51.3 cm³/mol. The van der Waals surface area contributed by atoms with Crippen molar-refractivity contribution in [2.45, 2.75) is 18.9 Å². The zero-order valence-corrected chi connectivity index (χ0v) is 7.75. The molecule has 4 heteroatoms. The third-order valence-corrected chi connectivity index (χ3v) is 3.25. The van der Waals surface area contributed by atoms with Gasteiger partial charge in [-0.2, -0.15) is 5.10 Å². The molecule has 0 amide bonds. The van der Waals surface area contributed by atoms with Crippen molar-refractivity contribution in [3.05, 3.63) is 17.1 Å². The molecule has 0 N–H and O–H groups in total. The van der Waals surface area contributed by atoms with Gasteiger partial charge >= 0.3 is 0 Å². The highest BCUT2D eigenvalue weighted by atomic mass is 32.1. The van der Waals surface area contributed by atoms with E-state index in [1.165, 1.54) is 24.2 Å². The van der Waals surface area contributed by atoms with Gasteiger partial charge in [-0.3, -0.25) is 9.48 Å². The van der Waals surface area contributed by atoms with Crippen LogP contribution in [0.1, 0.15) is 28.6 Å². The molecule has 1 aliphatic rings. The standard InChI is InChI=1S/C9H8N2OS/c12-5-7-3-8-9(13-7)4-11(10-8)6-1-2-6/h3-6H,1-2H2. The molecule has 0 unspecified atom stereocenters. The smallest absolute Gasteiger partial charge is 0.160 e. The van der Waals surface area contributed by atoms with Gasteiger partial charge < -0.3 is 0 Å². The van der Waals surface area contributed by atoms with Crippen LogP contribution in [0.5, 0.6) is 0 Å². The van der Waals surface area contributed by atoms with E-state index in [1.54, 1.807) is 0 Å². The Bertz CT molecular complexity index is 435. The van der Waals surface area contributed by atoms with Crippen LogP contribution in [-0.2, 0) is 0 Å². The van der Waals surface area contributed by atoms with Crippen molar-refractivity contribution in [1.82, 2.24) is 9.78 Å². The van der Waals surface area contributed by atoms with E-state index in [9.17, 15) is 4.79 Å². The van der Waals surface area contributed by atoms with Crippen molar-refractivity contribution in [3.8, 4) is 0 Å². The van der Waals surface area contributed by atoms with E-state index in [4.69, 9.17) is 0 Å². The molecule has 0 spiro atoms. The zero-order valence-electron chi connectivity index (χ0n) is 6.93. The summed E-state index contributed by atoms with van der Waals surface area (Å²) in [5.41, 5.74) is 0.957. The summed E-state index contributed by atoms with van der Waals surface area (Å²) in [6, 6.07) is 2.48. The Morgan fingerprint density at radius 3 is 3.08 bits per heavy atom. The number of rotatable bonds is 2. The first kappa shape index (κ1) is 7.26. The lowest BCUT2D eigenvalue weighted by molar-refractivity contribution is 0.112. The SMILES string of the molecule is O=Cc1cc2nn(C3CC3)cc2s1. The van der Waals surface area contributed by atoms with Crippen LogP contribution in [0.25, 0.3) is 10.2 Å². The Morgan fingerprint density at radius 1 is 1.62 bits per heavy atom. The largest absolute Gasteiger partial charge is 0.297 e. The third-order valence-electron chi connectivity index (χ3n) is 2.27. The average Bonchev–Trinajstić information content (AvgIpc) is 2.78. The lowest BCUT2D eigenvalue weighted by atomic mass is 10.4. The van der Waals surface area contributed by atoms with E-state index in [0.717, 1.165) is 21.4 Å². The summed E-state index contributed by atoms with van der Waals surface area (Å²) in [5.74, 6) is 0. The molecule has 1 aliphatic carbocycles. The number of carbonyl (C=O) groups is 1. The molecule has 1 fully saturated rings. The molecule has 1 saturated carbocycles. The number of hydrogen-bond acceptors (Lipinski definition) is 3. The van der Waals surface area contributed by atoms with Gasteiger partial charge in [0, 0.05) is 6.20 Å². The van der Waals surface area contributed by atoms with Crippen molar-refractivity contribution in [2.24, 2.45) is 0 Å². The Labute approximate surface area is 79.0 Å². The maximum Gasteiger partial charge on any atom is 0.160 e. The van der Waals surface area contributed by atoms with Crippen LogP contribution in [0.4, 0.5) is 0 Å². The summed E-state index contributed by atoms with van der Waals surface area (Å²) < 4.78 is 3.14. The number of carbonyl (C=O) groups excluding carboxylic acids is 1. The van der Waals surface area contributed by atoms with Crippen molar-refractivity contribution in [2.75, 3.05) is 0 Å². The van der Waals surface area contributed by atoms with Crippen LogP contribution >= 0.6 is 11.3 Å². The molecule has 13 heavy (non-hydrogen) atoms. The van der Waals surface area contributed by atoms with Crippen LogP contribution in [0, 0.1) is 0 Å². The molecule has 2 aromatic rings. The fourth-order valence-corrected chi connectivity index (χ4v) is 2.28. The minimum Gasteiger partial charge on any atom is -0.297 e. The van der Waals surface area contributed by atoms with E-state index >= 15 is 0 Å². The topological polar surface area (TPSA) is 34.9 Å². The Kier molecular flexibility index (Phi) is 1.35. The molecule has 0 atom stereocenters. The summed E-state index contributed by atoms with van der Waals surface area (Å²) in [4.78, 5) is 11.2. The summed E-state index contributed by atoms with van der Waals surface area (Å²) in [7, 11) is 0. The molecule has 2 aromatic heterocycles. The van der Waals surface area contributed by atoms with E-state index in [-0.39, 0.29) is 0 Å². The Balaban J connectivity index is 2.13. The highest BCUT2D eigenvalue weighted by Crippen LogP contribution is 2.36. The van der Waals surface area contributed by atoms with Gasteiger partial charge in [-0.05, 0) is 18.9 Å². The molecule has 3 rings (SSSR count). The van der Waals surface area contributed by atoms with Crippen molar-refractivity contribution in [1.29, 1.82) is 0 Å². The molecule has 0 radical (unpaired) electrons. The molecule has 0 aliphatic heterocycles. The molecule has 0 aromatic carbocycles. The van der Waals surface area contributed by atoms with Gasteiger partial charge in [0.15, 0.2) is 6.29 Å². The minimum absolute atomic E-state index is 0.624. The fourth-order valence-electron chi connectivity index (χ4n) is 1.44. The second kappa shape index (κ2) is 2.42. The maximum absolute atomic E-state index is 10.5. The minimum atomic E-state index is 0.624. The number of nitrogens with zero attached hydrogens (tertiary/aromatic N) is 2. The Hall–Kier alpha value is -1.16. The zero-order chi connectivity index (χ0) is 8.84. The normalized spacial score (nSPS) is 16.6. The fraction of sp³-hybridized carbons (Fsp3) is 0.333. The van der Waals surface area contributed by atoms with Crippen molar-refractivity contribution in [3.63, 3.8) is 0 Å². The van der Waals surface area contributed by atoms with Gasteiger partial charge in [-0.1, -0.05) is 0 Å². The molecular formula is C9H8N2OS. The van der Waals surface area contributed by atoms with Crippen molar-refractivity contribution >= 4 is 27.8 Å². The van der Waals surface area contributed by atoms with Gasteiger partial charge in [0.2, 0.25) is 0 Å². The second-order valence-corrected chi connectivity index (χ2v) is 4.47. The molecule has 3 nitrogen and oxygen atoms in total. The second-order valence-electron chi connectivity index (χ2n) is 3.36. The number of hydrogen-bond donors (Lipinski definition) is 0. The third kappa shape index (κ3) is 1.09. The quantitative estimate of drug-likeness (QED) is 0.684.